The Morgan fingerprint density at radius 1 is 1.67 bits per heavy atom. The zero-order valence-corrected chi connectivity index (χ0v) is 9.08. The van der Waals surface area contributed by atoms with E-state index in [1.54, 1.807) is 6.07 Å². The summed E-state index contributed by atoms with van der Waals surface area (Å²) >= 11 is 1.82. The van der Waals surface area contributed by atoms with E-state index in [-0.39, 0.29) is 12.6 Å². The number of nitrogens with zero attached hydrogens (tertiary/aromatic N) is 2. The van der Waals surface area contributed by atoms with Crippen LogP contribution in [-0.2, 0) is 0 Å². The van der Waals surface area contributed by atoms with Crippen molar-refractivity contribution in [3.8, 4) is 0 Å². The minimum Gasteiger partial charge on any atom is -0.394 e. The van der Waals surface area contributed by atoms with Gasteiger partial charge in [-0.2, -0.15) is 16.2 Å². The van der Waals surface area contributed by atoms with E-state index in [0.29, 0.717) is 0 Å². The van der Waals surface area contributed by atoms with Crippen molar-refractivity contribution < 1.29 is 9.50 Å². The van der Waals surface area contributed by atoms with Crippen LogP contribution in [0.15, 0.2) is 18.3 Å². The van der Waals surface area contributed by atoms with Crippen molar-refractivity contribution >= 4 is 17.4 Å². The summed E-state index contributed by atoms with van der Waals surface area (Å²) in [5, 5.41) is 9.23. The normalized spacial score (nSPS) is 21.7. The van der Waals surface area contributed by atoms with Crippen LogP contribution in [0, 0.1) is 5.95 Å². The molecule has 1 N–H and O–H groups in total. The molecule has 3 nitrogen and oxygen atoms in total. The van der Waals surface area contributed by atoms with Crippen LogP contribution < -0.4 is 4.90 Å². The standard InChI is InChI=1S/C10H13FN2OS/c11-10-5-8(1-2-12-10)13-3-4-15-7-9(13)6-14/h1-2,5,9,14H,3-4,6-7H2. The maximum absolute atomic E-state index is 12.9. The van der Waals surface area contributed by atoms with E-state index in [0.717, 1.165) is 23.7 Å². The van der Waals surface area contributed by atoms with Gasteiger partial charge in [-0.3, -0.25) is 0 Å². The fourth-order valence-corrected chi connectivity index (χ4v) is 2.77. The van der Waals surface area contributed by atoms with Crippen molar-refractivity contribution in [3.05, 3.63) is 24.3 Å². The van der Waals surface area contributed by atoms with Crippen molar-refractivity contribution in [2.45, 2.75) is 6.04 Å². The molecule has 1 aromatic rings. The molecule has 0 radical (unpaired) electrons. The molecule has 2 rings (SSSR count). The summed E-state index contributed by atoms with van der Waals surface area (Å²) in [6.07, 6.45) is 1.46. The molecule has 1 atom stereocenters. The lowest BCUT2D eigenvalue weighted by atomic mass is 10.2. The summed E-state index contributed by atoms with van der Waals surface area (Å²) in [4.78, 5) is 5.57. The second-order valence-corrected chi connectivity index (χ2v) is 4.59. The molecule has 1 aromatic heterocycles. The zero-order chi connectivity index (χ0) is 10.7. The molecule has 1 unspecified atom stereocenters. The summed E-state index contributed by atoms with van der Waals surface area (Å²) < 4.78 is 12.9. The molecule has 0 aromatic carbocycles. The lowest BCUT2D eigenvalue weighted by Gasteiger charge is -2.36. The summed E-state index contributed by atoms with van der Waals surface area (Å²) in [5.41, 5.74) is 0.807. The van der Waals surface area contributed by atoms with Crippen LogP contribution in [0.5, 0.6) is 0 Å². The molecular formula is C10H13FN2OS. The molecule has 82 valence electrons. The monoisotopic (exact) mass is 228 g/mol. The van der Waals surface area contributed by atoms with E-state index in [9.17, 15) is 9.50 Å². The highest BCUT2D eigenvalue weighted by molar-refractivity contribution is 7.99. The predicted molar refractivity (Wildman–Crippen MR) is 59.7 cm³/mol. The van der Waals surface area contributed by atoms with Crippen molar-refractivity contribution in [1.82, 2.24) is 4.98 Å². The fourth-order valence-electron chi connectivity index (χ4n) is 1.72. The Hall–Kier alpha value is -0.810. The van der Waals surface area contributed by atoms with Gasteiger partial charge in [0.05, 0.1) is 12.6 Å². The Kier molecular flexibility index (Phi) is 3.43. The minimum absolute atomic E-state index is 0.0885. The van der Waals surface area contributed by atoms with Gasteiger partial charge in [-0.1, -0.05) is 0 Å². The van der Waals surface area contributed by atoms with Crippen LogP contribution in [-0.4, -0.2) is 40.8 Å². The van der Waals surface area contributed by atoms with Crippen LogP contribution in [0.2, 0.25) is 0 Å². The van der Waals surface area contributed by atoms with E-state index in [1.807, 2.05) is 16.7 Å². The van der Waals surface area contributed by atoms with Crippen molar-refractivity contribution in [3.63, 3.8) is 0 Å². The number of hydrogen-bond acceptors (Lipinski definition) is 4. The molecular weight excluding hydrogens is 215 g/mol. The molecule has 1 aliphatic heterocycles. The van der Waals surface area contributed by atoms with E-state index in [4.69, 9.17) is 0 Å². The van der Waals surface area contributed by atoms with Gasteiger partial charge >= 0.3 is 0 Å². The van der Waals surface area contributed by atoms with E-state index in [2.05, 4.69) is 4.98 Å². The number of thioether (sulfide) groups is 1. The smallest absolute Gasteiger partial charge is 0.214 e. The first-order valence-electron chi connectivity index (χ1n) is 4.88. The van der Waals surface area contributed by atoms with Crippen molar-refractivity contribution in [2.24, 2.45) is 0 Å². The van der Waals surface area contributed by atoms with Gasteiger partial charge in [0.15, 0.2) is 0 Å². The molecule has 1 saturated heterocycles. The quantitative estimate of drug-likeness (QED) is 0.770. The van der Waals surface area contributed by atoms with Gasteiger partial charge < -0.3 is 10.0 Å². The number of halogens is 1. The highest BCUT2D eigenvalue weighted by Crippen LogP contribution is 2.23. The Balaban J connectivity index is 2.20. The number of hydrogen-bond donors (Lipinski definition) is 1. The Bertz CT molecular complexity index is 337. The zero-order valence-electron chi connectivity index (χ0n) is 8.27. The third kappa shape index (κ3) is 2.41. The highest BCUT2D eigenvalue weighted by atomic mass is 32.2. The third-order valence-electron chi connectivity index (χ3n) is 2.48. The maximum Gasteiger partial charge on any atom is 0.214 e. The molecule has 15 heavy (non-hydrogen) atoms. The van der Waals surface area contributed by atoms with Gasteiger partial charge in [-0.05, 0) is 6.07 Å². The fraction of sp³-hybridized carbons (Fsp3) is 0.500. The summed E-state index contributed by atoms with van der Waals surface area (Å²) in [5.74, 6) is 1.43. The maximum atomic E-state index is 12.9. The lowest BCUT2D eigenvalue weighted by Crippen LogP contribution is -2.44. The summed E-state index contributed by atoms with van der Waals surface area (Å²) in [7, 11) is 0. The van der Waals surface area contributed by atoms with Gasteiger partial charge in [0.25, 0.3) is 0 Å². The Morgan fingerprint density at radius 3 is 3.27 bits per heavy atom. The number of aromatic nitrogens is 1. The Labute approximate surface area is 92.3 Å². The van der Waals surface area contributed by atoms with Gasteiger partial charge in [-0.25, -0.2) is 4.98 Å². The van der Waals surface area contributed by atoms with Crippen LogP contribution in [0.4, 0.5) is 10.1 Å². The average molecular weight is 228 g/mol. The minimum atomic E-state index is -0.470. The summed E-state index contributed by atoms with van der Waals surface area (Å²) in [6, 6.07) is 3.28. The first-order chi connectivity index (χ1) is 7.31. The topological polar surface area (TPSA) is 36.4 Å². The van der Waals surface area contributed by atoms with Crippen LogP contribution in [0.3, 0.4) is 0 Å². The van der Waals surface area contributed by atoms with E-state index < -0.39 is 5.95 Å². The van der Waals surface area contributed by atoms with Crippen LogP contribution in [0.25, 0.3) is 0 Å². The van der Waals surface area contributed by atoms with Crippen LogP contribution in [0.1, 0.15) is 0 Å². The molecule has 0 bridgehead atoms. The average Bonchev–Trinajstić information content (AvgIpc) is 2.29. The second-order valence-electron chi connectivity index (χ2n) is 3.44. The SMILES string of the molecule is OCC1CSCCN1c1ccnc(F)c1. The highest BCUT2D eigenvalue weighted by Gasteiger charge is 2.22. The van der Waals surface area contributed by atoms with Gasteiger partial charge in [-0.15, -0.1) is 0 Å². The number of pyridine rings is 1. The number of aliphatic hydroxyl groups is 1. The molecule has 0 aliphatic carbocycles. The van der Waals surface area contributed by atoms with Gasteiger partial charge in [0, 0.05) is 36.0 Å². The summed E-state index contributed by atoms with van der Waals surface area (Å²) in [6.45, 7) is 0.955. The molecule has 0 spiro atoms. The largest absolute Gasteiger partial charge is 0.394 e. The van der Waals surface area contributed by atoms with Crippen molar-refractivity contribution in [2.75, 3.05) is 29.6 Å². The second kappa shape index (κ2) is 4.81. The molecule has 1 fully saturated rings. The van der Waals surface area contributed by atoms with E-state index >= 15 is 0 Å². The first-order valence-corrected chi connectivity index (χ1v) is 6.03. The number of aliphatic hydroxyl groups excluding tert-OH is 1. The molecule has 0 amide bonds. The first kappa shape index (κ1) is 10.7. The van der Waals surface area contributed by atoms with E-state index in [1.165, 1.54) is 12.3 Å². The number of rotatable bonds is 2. The number of anilines is 1. The lowest BCUT2D eigenvalue weighted by molar-refractivity contribution is 0.268. The van der Waals surface area contributed by atoms with Crippen molar-refractivity contribution in [1.29, 1.82) is 0 Å². The van der Waals surface area contributed by atoms with Gasteiger partial charge in [0.1, 0.15) is 0 Å². The molecule has 5 heteroatoms. The Morgan fingerprint density at radius 2 is 2.53 bits per heavy atom. The van der Waals surface area contributed by atoms with Gasteiger partial charge in [0.2, 0.25) is 5.95 Å². The van der Waals surface area contributed by atoms with Crippen LogP contribution >= 0.6 is 11.8 Å². The molecule has 2 heterocycles. The molecule has 1 aliphatic rings. The molecule has 0 saturated carbocycles. The predicted octanol–water partition coefficient (Wildman–Crippen LogP) is 1.13. The third-order valence-corrected chi connectivity index (χ3v) is 3.57.